The smallest absolute Gasteiger partial charge is 0.327 e. The van der Waals surface area contributed by atoms with Crippen LogP contribution in [0.25, 0.3) is 0 Å². The van der Waals surface area contributed by atoms with Crippen molar-refractivity contribution in [1.82, 2.24) is 0 Å². The van der Waals surface area contributed by atoms with E-state index in [1.807, 2.05) is 0 Å². The van der Waals surface area contributed by atoms with Crippen molar-refractivity contribution in [3.8, 4) is 0 Å². The summed E-state index contributed by atoms with van der Waals surface area (Å²) >= 11 is 0. The number of hydrogen-bond donors (Lipinski definition) is 0. The van der Waals surface area contributed by atoms with Crippen LogP contribution in [0.1, 0.15) is 26.3 Å². The lowest BCUT2D eigenvalue weighted by Crippen LogP contribution is -2.38. The molecule has 0 amide bonds. The van der Waals surface area contributed by atoms with Crippen molar-refractivity contribution >= 4 is 11.9 Å². The molecule has 0 N–H and O–H groups in total. The minimum Gasteiger partial charge on any atom is -0.465 e. The minimum absolute atomic E-state index is 0.0246. The van der Waals surface area contributed by atoms with Crippen LogP contribution in [0.4, 0.5) is 8.78 Å². The second-order valence-corrected chi connectivity index (χ2v) is 4.97. The second-order valence-electron chi connectivity index (χ2n) is 4.97. The van der Waals surface area contributed by atoms with E-state index in [1.54, 1.807) is 19.9 Å². The van der Waals surface area contributed by atoms with Crippen molar-refractivity contribution < 1.29 is 27.8 Å². The van der Waals surface area contributed by atoms with Gasteiger partial charge in [0.1, 0.15) is 0 Å². The average Bonchev–Trinajstić information content (AvgIpc) is 2.54. The Kier molecular flexibility index (Phi) is 6.42. The molecule has 1 aromatic carbocycles. The molecule has 6 heteroatoms. The Balaban J connectivity index is 3.14. The molecule has 0 saturated heterocycles. The fourth-order valence-electron chi connectivity index (χ4n) is 1.81. The zero-order valence-electron chi connectivity index (χ0n) is 13.3. The molecule has 23 heavy (non-hydrogen) atoms. The van der Waals surface area contributed by atoms with Crippen molar-refractivity contribution in [3.05, 3.63) is 48.0 Å². The topological polar surface area (TPSA) is 52.6 Å². The predicted octanol–water partition coefficient (Wildman–Crippen LogP) is 3.47. The Hall–Kier alpha value is -2.24. The summed E-state index contributed by atoms with van der Waals surface area (Å²) in [5.41, 5.74) is -2.17. The van der Waals surface area contributed by atoms with Gasteiger partial charge in [-0.05, 0) is 26.8 Å². The van der Waals surface area contributed by atoms with Crippen molar-refractivity contribution in [3.63, 3.8) is 0 Å². The number of benzene rings is 1. The van der Waals surface area contributed by atoms with Gasteiger partial charge < -0.3 is 9.47 Å². The first-order valence-corrected chi connectivity index (χ1v) is 7.26. The molecule has 4 nitrogen and oxygen atoms in total. The first-order valence-electron chi connectivity index (χ1n) is 7.26. The van der Waals surface area contributed by atoms with Gasteiger partial charge in [0, 0.05) is 5.56 Å². The van der Waals surface area contributed by atoms with Crippen LogP contribution < -0.4 is 0 Å². The fraction of sp³-hybridized carbons (Fsp3) is 0.412. The zero-order valence-corrected chi connectivity index (χ0v) is 13.3. The lowest BCUT2D eigenvalue weighted by molar-refractivity contribution is -0.166. The van der Waals surface area contributed by atoms with Gasteiger partial charge in [0.15, 0.2) is 5.41 Å². The van der Waals surface area contributed by atoms with E-state index >= 15 is 0 Å². The van der Waals surface area contributed by atoms with E-state index in [0.29, 0.717) is 6.08 Å². The molecule has 1 aromatic rings. The number of carbonyl (C=O) groups excluding carboxylic acids is 2. The van der Waals surface area contributed by atoms with Gasteiger partial charge in [-0.1, -0.05) is 36.4 Å². The average molecular weight is 326 g/mol. The molecule has 0 aliphatic heterocycles. The van der Waals surface area contributed by atoms with Gasteiger partial charge >= 0.3 is 11.9 Å². The molecule has 126 valence electrons. The lowest BCUT2D eigenvalue weighted by atomic mass is 9.89. The molecule has 1 rings (SSSR count). The van der Waals surface area contributed by atoms with Crippen LogP contribution >= 0.6 is 0 Å². The SMILES string of the molecule is CCOC(=O)C(C)(/C=C/C(F)(F)c1ccccc1)C(=O)OCC. The standard InChI is InChI=1S/C17H20F2O4/c1-4-22-14(20)16(3,15(21)23-5-2)11-12-17(18,19)13-9-7-6-8-10-13/h6-12H,4-5H2,1-3H3/b12-11+. The third kappa shape index (κ3) is 4.61. The Bertz CT molecular complexity index is 549. The number of rotatable bonds is 7. The summed E-state index contributed by atoms with van der Waals surface area (Å²) in [7, 11) is 0. The summed E-state index contributed by atoms with van der Waals surface area (Å²) in [4.78, 5) is 24.0. The largest absolute Gasteiger partial charge is 0.465 e. The van der Waals surface area contributed by atoms with Crippen molar-refractivity contribution in [2.45, 2.75) is 26.7 Å². The summed E-state index contributed by atoms with van der Waals surface area (Å²) in [6, 6.07) is 7.09. The Labute approximate surface area is 134 Å². The highest BCUT2D eigenvalue weighted by atomic mass is 19.3. The maximum absolute atomic E-state index is 14.2. The number of halogens is 2. The molecule has 0 heterocycles. The molecule has 0 spiro atoms. The van der Waals surface area contributed by atoms with Crippen LogP contribution in [-0.2, 0) is 25.0 Å². The van der Waals surface area contributed by atoms with E-state index in [4.69, 9.17) is 9.47 Å². The van der Waals surface area contributed by atoms with E-state index in [9.17, 15) is 18.4 Å². The number of carbonyl (C=O) groups is 2. The molecule has 0 bridgehead atoms. The minimum atomic E-state index is -3.33. The van der Waals surface area contributed by atoms with Gasteiger partial charge in [0.2, 0.25) is 0 Å². The highest BCUT2D eigenvalue weighted by Gasteiger charge is 2.43. The summed E-state index contributed by atoms with van der Waals surface area (Å²) in [6.45, 7) is 4.37. The van der Waals surface area contributed by atoms with Crippen LogP contribution in [-0.4, -0.2) is 25.2 Å². The molecule has 0 aliphatic rings. The van der Waals surface area contributed by atoms with E-state index in [1.165, 1.54) is 31.2 Å². The third-order valence-electron chi connectivity index (χ3n) is 3.18. The van der Waals surface area contributed by atoms with Gasteiger partial charge in [-0.25, -0.2) is 0 Å². The van der Waals surface area contributed by atoms with Crippen molar-refractivity contribution in [2.24, 2.45) is 5.41 Å². The van der Waals surface area contributed by atoms with Crippen LogP contribution in [0, 0.1) is 5.41 Å². The lowest BCUT2D eigenvalue weighted by Gasteiger charge is -2.22. The highest BCUT2D eigenvalue weighted by molar-refractivity contribution is 6.01. The first-order chi connectivity index (χ1) is 10.8. The van der Waals surface area contributed by atoms with Crippen molar-refractivity contribution in [1.29, 1.82) is 0 Å². The summed E-state index contributed by atoms with van der Waals surface area (Å²) in [6.07, 6.45) is 1.37. The molecule has 0 aromatic heterocycles. The van der Waals surface area contributed by atoms with Gasteiger partial charge in [0.25, 0.3) is 5.92 Å². The molecular weight excluding hydrogens is 306 g/mol. The normalized spacial score (nSPS) is 12.2. The Morgan fingerprint density at radius 3 is 1.91 bits per heavy atom. The van der Waals surface area contributed by atoms with E-state index in [-0.39, 0.29) is 18.8 Å². The number of ether oxygens (including phenoxy) is 2. The quantitative estimate of drug-likeness (QED) is 0.437. The van der Waals surface area contributed by atoms with Crippen LogP contribution in [0.5, 0.6) is 0 Å². The number of alkyl halides is 2. The Morgan fingerprint density at radius 2 is 1.48 bits per heavy atom. The molecular formula is C17H20F2O4. The van der Waals surface area contributed by atoms with Gasteiger partial charge in [0.05, 0.1) is 13.2 Å². The molecule has 0 fully saturated rings. The first kappa shape index (κ1) is 18.8. The maximum Gasteiger partial charge on any atom is 0.327 e. The van der Waals surface area contributed by atoms with Crippen molar-refractivity contribution in [2.75, 3.05) is 13.2 Å². The van der Waals surface area contributed by atoms with Gasteiger partial charge in [-0.3, -0.25) is 9.59 Å². The van der Waals surface area contributed by atoms with E-state index in [0.717, 1.165) is 6.08 Å². The highest BCUT2D eigenvalue weighted by Crippen LogP contribution is 2.32. The van der Waals surface area contributed by atoms with Gasteiger partial charge in [-0.2, -0.15) is 8.78 Å². The number of hydrogen-bond acceptors (Lipinski definition) is 4. The van der Waals surface area contributed by atoms with Gasteiger partial charge in [-0.15, -0.1) is 0 Å². The molecule has 0 aliphatic carbocycles. The number of allylic oxidation sites excluding steroid dienone is 1. The summed E-state index contributed by atoms with van der Waals surface area (Å²) in [5.74, 6) is -5.20. The molecule has 0 unspecified atom stereocenters. The predicted molar refractivity (Wildman–Crippen MR) is 80.8 cm³/mol. The number of esters is 2. The third-order valence-corrected chi connectivity index (χ3v) is 3.18. The zero-order chi connectivity index (χ0) is 17.5. The Morgan fingerprint density at radius 1 is 1.00 bits per heavy atom. The molecule has 0 saturated carbocycles. The van der Waals surface area contributed by atoms with Crippen LogP contribution in [0.2, 0.25) is 0 Å². The molecule has 0 atom stereocenters. The summed E-state index contributed by atoms with van der Waals surface area (Å²) in [5, 5.41) is 0. The second kappa shape index (κ2) is 7.85. The van der Waals surface area contributed by atoms with Crippen LogP contribution in [0.3, 0.4) is 0 Å². The molecule has 0 radical (unpaired) electrons. The summed E-state index contributed by atoms with van der Waals surface area (Å²) < 4.78 is 38.0. The fourth-order valence-corrected chi connectivity index (χ4v) is 1.81. The van der Waals surface area contributed by atoms with E-state index in [2.05, 4.69) is 0 Å². The monoisotopic (exact) mass is 326 g/mol. The van der Waals surface area contributed by atoms with Crippen LogP contribution in [0.15, 0.2) is 42.5 Å². The van der Waals surface area contributed by atoms with E-state index < -0.39 is 23.3 Å². The maximum atomic E-state index is 14.2.